The third kappa shape index (κ3) is 2.51. The summed E-state index contributed by atoms with van der Waals surface area (Å²) in [5.41, 5.74) is 5.84. The van der Waals surface area contributed by atoms with Crippen LogP contribution >= 0.6 is 23.2 Å². The number of sulfonamides is 1. The highest BCUT2D eigenvalue weighted by molar-refractivity contribution is 7.89. The van der Waals surface area contributed by atoms with Crippen molar-refractivity contribution >= 4 is 33.2 Å². The second-order valence-corrected chi connectivity index (χ2v) is 7.18. The molecule has 4 nitrogen and oxygen atoms in total. The summed E-state index contributed by atoms with van der Waals surface area (Å²) in [7, 11) is -3.58. The van der Waals surface area contributed by atoms with Crippen molar-refractivity contribution in [3.63, 3.8) is 0 Å². The van der Waals surface area contributed by atoms with Gasteiger partial charge in [-0.25, -0.2) is 8.42 Å². The molecule has 1 aliphatic rings. The third-order valence-electron chi connectivity index (χ3n) is 3.20. The predicted octanol–water partition coefficient (Wildman–Crippen LogP) is 2.10. The first kappa shape index (κ1) is 14.1. The van der Waals surface area contributed by atoms with E-state index in [0.717, 1.165) is 0 Å². The van der Waals surface area contributed by atoms with Crippen LogP contribution in [0, 0.1) is 0 Å². The first-order valence-corrected chi connectivity index (χ1v) is 7.75. The van der Waals surface area contributed by atoms with E-state index < -0.39 is 10.0 Å². The molecule has 1 saturated heterocycles. The predicted molar refractivity (Wildman–Crippen MR) is 72.4 cm³/mol. The number of halogens is 2. The lowest BCUT2D eigenvalue weighted by atomic mass is 10.2. The number of hydrogen-bond acceptors (Lipinski definition) is 3. The minimum absolute atomic E-state index is 0.112. The van der Waals surface area contributed by atoms with Crippen molar-refractivity contribution in [2.45, 2.75) is 30.3 Å². The molecule has 0 bridgehead atoms. The molecule has 0 radical (unpaired) electrons. The van der Waals surface area contributed by atoms with Gasteiger partial charge in [-0.05, 0) is 31.5 Å². The van der Waals surface area contributed by atoms with Crippen molar-refractivity contribution in [3.8, 4) is 0 Å². The molecule has 2 N–H and O–H groups in total. The molecule has 0 amide bonds. The van der Waals surface area contributed by atoms with E-state index in [1.807, 2.05) is 0 Å². The summed E-state index contributed by atoms with van der Waals surface area (Å²) in [5, 5.41) is 0.606. The van der Waals surface area contributed by atoms with Crippen LogP contribution in [0.25, 0.3) is 0 Å². The molecule has 100 valence electrons. The zero-order chi connectivity index (χ0) is 13.5. The molecule has 18 heavy (non-hydrogen) atoms. The van der Waals surface area contributed by atoms with Crippen molar-refractivity contribution in [1.82, 2.24) is 4.31 Å². The van der Waals surface area contributed by atoms with Gasteiger partial charge in [0.25, 0.3) is 0 Å². The van der Waals surface area contributed by atoms with Gasteiger partial charge in [0.05, 0.1) is 4.90 Å². The van der Waals surface area contributed by atoms with Crippen LogP contribution in [0.1, 0.15) is 13.3 Å². The van der Waals surface area contributed by atoms with Gasteiger partial charge in [-0.3, -0.25) is 0 Å². The fraction of sp³-hybridized carbons (Fsp3) is 0.455. The van der Waals surface area contributed by atoms with Gasteiger partial charge < -0.3 is 5.73 Å². The second-order valence-electron chi connectivity index (χ2n) is 4.41. The van der Waals surface area contributed by atoms with Gasteiger partial charge in [-0.15, -0.1) is 0 Å². The Morgan fingerprint density at radius 3 is 2.28 bits per heavy atom. The Labute approximate surface area is 117 Å². The smallest absolute Gasteiger partial charge is 0.243 e. The van der Waals surface area contributed by atoms with E-state index in [2.05, 4.69) is 0 Å². The van der Waals surface area contributed by atoms with Crippen LogP contribution in [0.2, 0.25) is 10.0 Å². The maximum atomic E-state index is 12.4. The molecule has 0 aliphatic carbocycles. The summed E-state index contributed by atoms with van der Waals surface area (Å²) in [6.45, 7) is 2.23. The molecule has 1 aliphatic heterocycles. The summed E-state index contributed by atoms with van der Waals surface area (Å²) in [6, 6.07) is 3.96. The van der Waals surface area contributed by atoms with E-state index in [-0.39, 0.29) is 17.0 Å². The van der Waals surface area contributed by atoms with Gasteiger partial charge in [0.15, 0.2) is 0 Å². The summed E-state index contributed by atoms with van der Waals surface area (Å²) in [5.74, 6) is 0. The van der Waals surface area contributed by atoms with Gasteiger partial charge in [0.1, 0.15) is 0 Å². The highest BCUT2D eigenvalue weighted by atomic mass is 35.5. The molecule has 1 heterocycles. The summed E-state index contributed by atoms with van der Waals surface area (Å²) < 4.78 is 26.3. The topological polar surface area (TPSA) is 63.4 Å². The molecule has 0 aromatic heterocycles. The molecule has 2 unspecified atom stereocenters. The second kappa shape index (κ2) is 4.98. The third-order valence-corrected chi connectivity index (χ3v) is 5.60. The van der Waals surface area contributed by atoms with Crippen molar-refractivity contribution < 1.29 is 8.42 Å². The SMILES string of the molecule is CC1C(N)CCN1S(=O)(=O)c1cc(Cl)cc(Cl)c1. The Balaban J connectivity index is 2.42. The molecule has 7 heteroatoms. The average molecular weight is 309 g/mol. The summed E-state index contributed by atoms with van der Waals surface area (Å²) in [6.07, 6.45) is 0.661. The number of rotatable bonds is 2. The number of hydrogen-bond donors (Lipinski definition) is 1. The Kier molecular flexibility index (Phi) is 3.90. The van der Waals surface area contributed by atoms with Gasteiger partial charge in [-0.1, -0.05) is 23.2 Å². The van der Waals surface area contributed by atoms with Crippen LogP contribution in [-0.2, 0) is 10.0 Å². The van der Waals surface area contributed by atoms with Crippen LogP contribution in [-0.4, -0.2) is 31.4 Å². The summed E-state index contributed by atoms with van der Waals surface area (Å²) >= 11 is 11.7. The molecule has 0 spiro atoms. The lowest BCUT2D eigenvalue weighted by molar-refractivity contribution is 0.393. The van der Waals surface area contributed by atoms with E-state index >= 15 is 0 Å². The quantitative estimate of drug-likeness (QED) is 0.910. The fourth-order valence-electron chi connectivity index (χ4n) is 2.09. The zero-order valence-electron chi connectivity index (χ0n) is 9.81. The van der Waals surface area contributed by atoms with Gasteiger partial charge in [-0.2, -0.15) is 4.31 Å². The number of nitrogens with two attached hydrogens (primary N) is 1. The van der Waals surface area contributed by atoms with Crippen molar-refractivity contribution in [2.75, 3.05) is 6.54 Å². The molecule has 2 atom stereocenters. The van der Waals surface area contributed by atoms with E-state index in [4.69, 9.17) is 28.9 Å². The van der Waals surface area contributed by atoms with Crippen LogP contribution in [0.4, 0.5) is 0 Å². The van der Waals surface area contributed by atoms with Gasteiger partial charge in [0, 0.05) is 28.7 Å². The largest absolute Gasteiger partial charge is 0.326 e. The Hall–Kier alpha value is -0.330. The van der Waals surface area contributed by atoms with Gasteiger partial charge in [0.2, 0.25) is 10.0 Å². The maximum absolute atomic E-state index is 12.4. The lowest BCUT2D eigenvalue weighted by Crippen LogP contribution is -2.40. The standard InChI is InChI=1S/C11H14Cl2N2O2S/c1-7-11(14)2-3-15(7)18(16,17)10-5-8(12)4-9(13)6-10/h4-7,11H,2-3,14H2,1H3. The lowest BCUT2D eigenvalue weighted by Gasteiger charge is -2.22. The number of benzene rings is 1. The first-order chi connectivity index (χ1) is 8.32. The Morgan fingerprint density at radius 1 is 1.28 bits per heavy atom. The number of nitrogens with zero attached hydrogens (tertiary/aromatic N) is 1. The van der Waals surface area contributed by atoms with E-state index in [1.54, 1.807) is 6.92 Å². The van der Waals surface area contributed by atoms with E-state index in [1.165, 1.54) is 22.5 Å². The van der Waals surface area contributed by atoms with Crippen molar-refractivity contribution in [2.24, 2.45) is 5.73 Å². The molecule has 1 fully saturated rings. The molecular weight excluding hydrogens is 295 g/mol. The fourth-order valence-corrected chi connectivity index (χ4v) is 4.50. The molecule has 0 saturated carbocycles. The van der Waals surface area contributed by atoms with E-state index in [0.29, 0.717) is 23.0 Å². The van der Waals surface area contributed by atoms with Crippen LogP contribution in [0.15, 0.2) is 23.1 Å². The minimum Gasteiger partial charge on any atom is -0.326 e. The molecular formula is C11H14Cl2N2O2S. The highest BCUT2D eigenvalue weighted by Crippen LogP contribution is 2.29. The summed E-state index contributed by atoms with van der Waals surface area (Å²) in [4.78, 5) is 0.112. The Bertz CT molecular complexity index is 542. The normalized spacial score (nSPS) is 25.6. The highest BCUT2D eigenvalue weighted by Gasteiger charge is 2.37. The van der Waals surface area contributed by atoms with Crippen LogP contribution in [0.3, 0.4) is 0 Å². The van der Waals surface area contributed by atoms with Crippen LogP contribution < -0.4 is 5.73 Å². The minimum atomic E-state index is -3.58. The first-order valence-electron chi connectivity index (χ1n) is 5.56. The average Bonchev–Trinajstić information content (AvgIpc) is 2.58. The zero-order valence-corrected chi connectivity index (χ0v) is 12.1. The van der Waals surface area contributed by atoms with Crippen molar-refractivity contribution in [3.05, 3.63) is 28.2 Å². The van der Waals surface area contributed by atoms with Crippen LogP contribution in [0.5, 0.6) is 0 Å². The van der Waals surface area contributed by atoms with Gasteiger partial charge >= 0.3 is 0 Å². The maximum Gasteiger partial charge on any atom is 0.243 e. The van der Waals surface area contributed by atoms with E-state index in [9.17, 15) is 8.42 Å². The Morgan fingerprint density at radius 2 is 1.83 bits per heavy atom. The van der Waals surface area contributed by atoms with Crippen molar-refractivity contribution in [1.29, 1.82) is 0 Å². The molecule has 1 aromatic rings. The molecule has 2 rings (SSSR count). The molecule has 1 aromatic carbocycles. The monoisotopic (exact) mass is 308 g/mol.